The molecule has 0 aliphatic rings. The molecule has 0 radical (unpaired) electrons. The number of hydrogen-bond acceptors (Lipinski definition) is 3. The highest BCUT2D eigenvalue weighted by molar-refractivity contribution is 8.00. The molecule has 172 valence electrons. The van der Waals surface area contributed by atoms with E-state index in [1.54, 1.807) is 0 Å². The van der Waals surface area contributed by atoms with Crippen LogP contribution in [0.15, 0.2) is 77.7 Å². The molecular formula is C28H32N2O2S. The van der Waals surface area contributed by atoms with Crippen molar-refractivity contribution in [1.82, 2.24) is 0 Å². The highest BCUT2D eigenvalue weighted by Gasteiger charge is 2.23. The predicted molar refractivity (Wildman–Crippen MR) is 139 cm³/mol. The molecule has 3 aromatic rings. The van der Waals surface area contributed by atoms with Crippen LogP contribution in [0.5, 0.6) is 0 Å². The number of carbonyl (C=O) groups is 2. The maximum absolute atomic E-state index is 13.4. The zero-order chi connectivity index (χ0) is 24.0. The third-order valence-corrected chi connectivity index (χ3v) is 6.42. The van der Waals surface area contributed by atoms with E-state index in [2.05, 4.69) is 10.6 Å². The van der Waals surface area contributed by atoms with E-state index in [1.807, 2.05) is 107 Å². The first-order valence-corrected chi connectivity index (χ1v) is 12.0. The van der Waals surface area contributed by atoms with E-state index in [0.717, 1.165) is 33.0 Å². The van der Waals surface area contributed by atoms with Crippen molar-refractivity contribution in [3.05, 3.63) is 89.5 Å². The minimum Gasteiger partial charge on any atom is -0.326 e. The van der Waals surface area contributed by atoms with Crippen LogP contribution in [0.25, 0.3) is 0 Å². The van der Waals surface area contributed by atoms with E-state index < -0.39 is 5.25 Å². The smallest absolute Gasteiger partial charge is 0.242 e. The second-order valence-corrected chi connectivity index (χ2v) is 10.7. The largest absolute Gasteiger partial charge is 0.326 e. The minimum atomic E-state index is -0.411. The molecule has 1 atom stereocenters. The zero-order valence-electron chi connectivity index (χ0n) is 19.9. The summed E-state index contributed by atoms with van der Waals surface area (Å²) in [6.07, 6.45) is 0.456. The molecule has 0 saturated carbocycles. The van der Waals surface area contributed by atoms with Gasteiger partial charge in [-0.3, -0.25) is 9.59 Å². The number of benzene rings is 3. The number of rotatable bonds is 7. The summed E-state index contributed by atoms with van der Waals surface area (Å²) in [5.41, 5.74) is 4.57. The first-order valence-electron chi connectivity index (χ1n) is 11.1. The fraction of sp³-hybridized carbons (Fsp3) is 0.286. The van der Waals surface area contributed by atoms with Crippen molar-refractivity contribution >= 4 is 35.0 Å². The Morgan fingerprint density at radius 1 is 0.818 bits per heavy atom. The Bertz CT molecular complexity index is 1080. The average Bonchev–Trinajstić information content (AvgIpc) is 2.75. The summed E-state index contributed by atoms with van der Waals surface area (Å²) < 4.78 is 0. The van der Waals surface area contributed by atoms with Crippen molar-refractivity contribution in [2.45, 2.75) is 51.2 Å². The Labute approximate surface area is 201 Å². The standard InChI is InChI=1S/C28H32N2O2S/c1-19-10-9-11-20(2)25(19)30-27(32)26(21-12-7-6-8-13-21)33-23-16-14-22(15-17-23)29-24(31)18-28(3,4)5/h6-17,26H,18H2,1-5H3,(H,29,31)(H,30,32). The fourth-order valence-corrected chi connectivity index (χ4v) is 4.57. The van der Waals surface area contributed by atoms with E-state index in [4.69, 9.17) is 0 Å². The Balaban J connectivity index is 1.77. The maximum atomic E-state index is 13.4. The lowest BCUT2D eigenvalue weighted by Crippen LogP contribution is -2.20. The first-order chi connectivity index (χ1) is 15.6. The molecule has 0 bridgehead atoms. The Kier molecular flexibility index (Phi) is 7.98. The van der Waals surface area contributed by atoms with Crippen LogP contribution in [0.2, 0.25) is 0 Å². The van der Waals surface area contributed by atoms with E-state index in [-0.39, 0.29) is 17.2 Å². The Hall–Kier alpha value is -3.05. The van der Waals surface area contributed by atoms with Crippen LogP contribution in [0.1, 0.15) is 49.1 Å². The molecule has 0 saturated heterocycles. The van der Waals surface area contributed by atoms with Gasteiger partial charge in [0.05, 0.1) is 0 Å². The number of para-hydroxylation sites is 1. The first kappa shape index (κ1) is 24.6. The van der Waals surface area contributed by atoms with Gasteiger partial charge in [-0.15, -0.1) is 11.8 Å². The third-order valence-electron chi connectivity index (χ3n) is 5.15. The van der Waals surface area contributed by atoms with Gasteiger partial charge in [0.2, 0.25) is 11.8 Å². The summed E-state index contributed by atoms with van der Waals surface area (Å²) in [7, 11) is 0. The monoisotopic (exact) mass is 460 g/mol. The number of amides is 2. The van der Waals surface area contributed by atoms with Crippen LogP contribution in [0, 0.1) is 19.3 Å². The van der Waals surface area contributed by atoms with Crippen molar-refractivity contribution in [3.63, 3.8) is 0 Å². The van der Waals surface area contributed by atoms with Gasteiger partial charge in [-0.05, 0) is 60.2 Å². The lowest BCUT2D eigenvalue weighted by Gasteiger charge is -2.19. The number of carbonyl (C=O) groups excluding carboxylic acids is 2. The maximum Gasteiger partial charge on any atom is 0.242 e. The lowest BCUT2D eigenvalue weighted by atomic mass is 9.92. The van der Waals surface area contributed by atoms with Gasteiger partial charge in [0.25, 0.3) is 0 Å². The molecule has 0 heterocycles. The van der Waals surface area contributed by atoms with Crippen molar-refractivity contribution in [2.75, 3.05) is 10.6 Å². The van der Waals surface area contributed by atoms with Crippen LogP contribution in [-0.4, -0.2) is 11.8 Å². The summed E-state index contributed by atoms with van der Waals surface area (Å²) >= 11 is 1.49. The molecule has 3 aromatic carbocycles. The molecule has 33 heavy (non-hydrogen) atoms. The van der Waals surface area contributed by atoms with Crippen molar-refractivity contribution in [1.29, 1.82) is 0 Å². The molecular weight excluding hydrogens is 428 g/mol. The van der Waals surface area contributed by atoms with Gasteiger partial charge in [0.15, 0.2) is 0 Å². The van der Waals surface area contributed by atoms with Gasteiger partial charge >= 0.3 is 0 Å². The van der Waals surface area contributed by atoms with Gasteiger partial charge in [-0.1, -0.05) is 69.3 Å². The SMILES string of the molecule is Cc1cccc(C)c1NC(=O)C(Sc1ccc(NC(=O)CC(C)(C)C)cc1)c1ccccc1. The van der Waals surface area contributed by atoms with Crippen molar-refractivity contribution < 1.29 is 9.59 Å². The Morgan fingerprint density at radius 2 is 1.42 bits per heavy atom. The molecule has 4 nitrogen and oxygen atoms in total. The number of nitrogens with one attached hydrogen (secondary N) is 2. The molecule has 5 heteroatoms. The summed E-state index contributed by atoms with van der Waals surface area (Å²) in [5, 5.41) is 5.68. The quantitative estimate of drug-likeness (QED) is 0.368. The molecule has 1 unspecified atom stereocenters. The number of thioether (sulfide) groups is 1. The Morgan fingerprint density at radius 3 is 2.00 bits per heavy atom. The van der Waals surface area contributed by atoms with Gasteiger partial charge in [0, 0.05) is 22.7 Å². The molecule has 0 fully saturated rings. The molecule has 0 spiro atoms. The van der Waals surface area contributed by atoms with E-state index >= 15 is 0 Å². The van der Waals surface area contributed by atoms with Crippen LogP contribution in [0.4, 0.5) is 11.4 Å². The van der Waals surface area contributed by atoms with Gasteiger partial charge in [0.1, 0.15) is 5.25 Å². The highest BCUT2D eigenvalue weighted by atomic mass is 32.2. The predicted octanol–water partition coefficient (Wildman–Crippen LogP) is 7.15. The van der Waals surface area contributed by atoms with Crippen LogP contribution < -0.4 is 10.6 Å². The van der Waals surface area contributed by atoms with Crippen molar-refractivity contribution in [3.8, 4) is 0 Å². The second-order valence-electron chi connectivity index (χ2n) is 9.47. The van der Waals surface area contributed by atoms with E-state index in [1.165, 1.54) is 11.8 Å². The zero-order valence-corrected chi connectivity index (χ0v) is 20.8. The number of anilines is 2. The van der Waals surface area contributed by atoms with Gasteiger partial charge in [-0.25, -0.2) is 0 Å². The summed E-state index contributed by atoms with van der Waals surface area (Å²) in [6.45, 7) is 10.1. The molecule has 0 aliphatic carbocycles. The molecule has 3 rings (SSSR count). The van der Waals surface area contributed by atoms with E-state index in [9.17, 15) is 9.59 Å². The number of aryl methyl sites for hydroxylation is 2. The molecule has 2 amide bonds. The molecule has 0 aliphatic heterocycles. The lowest BCUT2D eigenvalue weighted by molar-refractivity contribution is -0.118. The highest BCUT2D eigenvalue weighted by Crippen LogP contribution is 2.37. The molecule has 2 N–H and O–H groups in total. The average molecular weight is 461 g/mol. The van der Waals surface area contributed by atoms with Crippen LogP contribution in [-0.2, 0) is 9.59 Å². The fourth-order valence-electron chi connectivity index (χ4n) is 3.54. The topological polar surface area (TPSA) is 58.2 Å². The van der Waals surface area contributed by atoms with Crippen LogP contribution >= 0.6 is 11.8 Å². The van der Waals surface area contributed by atoms with E-state index in [0.29, 0.717) is 6.42 Å². The minimum absolute atomic E-state index is 0.00181. The van der Waals surface area contributed by atoms with Gasteiger partial charge in [-0.2, -0.15) is 0 Å². The van der Waals surface area contributed by atoms with Gasteiger partial charge < -0.3 is 10.6 Å². The second kappa shape index (κ2) is 10.7. The summed E-state index contributed by atoms with van der Waals surface area (Å²) in [5.74, 6) is -0.0656. The van der Waals surface area contributed by atoms with Crippen molar-refractivity contribution in [2.24, 2.45) is 5.41 Å². The van der Waals surface area contributed by atoms with Crippen LogP contribution in [0.3, 0.4) is 0 Å². The number of hydrogen-bond donors (Lipinski definition) is 2. The third kappa shape index (κ3) is 7.22. The summed E-state index contributed by atoms with van der Waals surface area (Å²) in [4.78, 5) is 26.6. The molecule has 0 aromatic heterocycles. The summed E-state index contributed by atoms with van der Waals surface area (Å²) in [6, 6.07) is 23.4. The normalized spacial score (nSPS) is 12.2.